The van der Waals surface area contributed by atoms with Gasteiger partial charge in [-0.05, 0) is 11.8 Å². The lowest BCUT2D eigenvalue weighted by Crippen LogP contribution is -1.85. The van der Waals surface area contributed by atoms with Gasteiger partial charge in [-0.3, -0.25) is 9.78 Å². The van der Waals surface area contributed by atoms with Crippen LogP contribution in [0.5, 0.6) is 0 Å². The molecule has 0 N–H and O–H groups in total. The first-order chi connectivity index (χ1) is 5.29. The van der Waals surface area contributed by atoms with Crippen LogP contribution in [0, 0.1) is 11.8 Å². The van der Waals surface area contributed by atoms with E-state index in [1.54, 1.807) is 6.20 Å². The Bertz CT molecular complexity index is 308. The molecule has 0 saturated heterocycles. The Morgan fingerprint density at radius 2 is 2.36 bits per heavy atom. The minimum Gasteiger partial charge on any atom is -0.285 e. The lowest BCUT2D eigenvalue weighted by atomic mass is 10.4. The van der Waals surface area contributed by atoms with Crippen LogP contribution in [0.4, 0.5) is 0 Å². The fourth-order valence-corrected chi connectivity index (χ4v) is 0.516. The van der Waals surface area contributed by atoms with Crippen molar-refractivity contribution in [3.05, 3.63) is 24.3 Å². The third-order valence-electron chi connectivity index (χ3n) is 0.930. The zero-order chi connectivity index (χ0) is 8.10. The molecule has 0 atom stereocenters. The van der Waals surface area contributed by atoms with Crippen LogP contribution in [0.1, 0.15) is 12.6 Å². The number of hydrogen-bond acceptors (Lipinski definition) is 3. The molecule has 0 fully saturated rings. The predicted molar refractivity (Wildman–Crippen MR) is 39.6 cm³/mol. The summed E-state index contributed by atoms with van der Waals surface area (Å²) in [4.78, 5) is 18.0. The number of carbonyl (C=O) groups is 1. The molecule has 11 heavy (non-hydrogen) atoms. The maximum atomic E-state index is 10.4. The van der Waals surface area contributed by atoms with Crippen molar-refractivity contribution in [2.75, 3.05) is 0 Å². The van der Waals surface area contributed by atoms with E-state index < -0.39 is 0 Å². The van der Waals surface area contributed by atoms with Crippen LogP contribution in [-0.4, -0.2) is 15.8 Å². The van der Waals surface area contributed by atoms with Gasteiger partial charge in [-0.1, -0.05) is 0 Å². The van der Waals surface area contributed by atoms with E-state index in [4.69, 9.17) is 0 Å². The first-order valence-electron chi connectivity index (χ1n) is 3.07. The topological polar surface area (TPSA) is 42.9 Å². The summed E-state index contributed by atoms with van der Waals surface area (Å²) in [6.07, 6.45) is 4.60. The van der Waals surface area contributed by atoms with Crippen molar-refractivity contribution < 1.29 is 4.79 Å². The summed E-state index contributed by atoms with van der Waals surface area (Å²) in [6, 6.07) is 0. The first-order valence-corrected chi connectivity index (χ1v) is 3.07. The minimum atomic E-state index is -0.171. The molecule has 0 aromatic carbocycles. The highest BCUT2D eigenvalue weighted by molar-refractivity contribution is 5.93. The maximum absolute atomic E-state index is 10.4. The molecule has 0 aliphatic heterocycles. The standard InChI is InChI=1S/C8H6N2O/c1-7(11)2-3-8-6-9-4-5-10-8/h4-6H,1H3. The SMILES string of the molecule is CC(=O)C#Cc1cnccn1. The minimum absolute atomic E-state index is 0.171. The number of Topliss-reactive ketones (excluding diaryl/α,β-unsaturated/α-hetero) is 1. The van der Waals surface area contributed by atoms with Gasteiger partial charge >= 0.3 is 0 Å². The van der Waals surface area contributed by atoms with Gasteiger partial charge in [-0.2, -0.15) is 0 Å². The number of aromatic nitrogens is 2. The summed E-state index contributed by atoms with van der Waals surface area (Å²) in [5.74, 6) is 4.77. The lowest BCUT2D eigenvalue weighted by Gasteiger charge is -1.83. The molecule has 1 aromatic heterocycles. The average molecular weight is 146 g/mol. The van der Waals surface area contributed by atoms with E-state index >= 15 is 0 Å². The Morgan fingerprint density at radius 3 is 2.91 bits per heavy atom. The van der Waals surface area contributed by atoms with Crippen molar-refractivity contribution in [1.82, 2.24) is 9.97 Å². The molecule has 1 aromatic rings. The molecule has 0 radical (unpaired) electrons. The van der Waals surface area contributed by atoms with E-state index in [0.29, 0.717) is 5.69 Å². The zero-order valence-corrected chi connectivity index (χ0v) is 6.03. The molecular weight excluding hydrogens is 140 g/mol. The van der Waals surface area contributed by atoms with E-state index in [1.165, 1.54) is 19.3 Å². The summed E-state index contributed by atoms with van der Waals surface area (Å²) in [7, 11) is 0. The smallest absolute Gasteiger partial charge is 0.202 e. The van der Waals surface area contributed by atoms with Crippen LogP contribution in [0.2, 0.25) is 0 Å². The van der Waals surface area contributed by atoms with Crippen LogP contribution >= 0.6 is 0 Å². The second kappa shape index (κ2) is 3.47. The molecule has 3 heteroatoms. The van der Waals surface area contributed by atoms with Gasteiger partial charge in [0.2, 0.25) is 5.78 Å². The number of ketones is 1. The third kappa shape index (κ3) is 2.59. The summed E-state index contributed by atoms with van der Waals surface area (Å²) < 4.78 is 0. The molecule has 54 valence electrons. The molecule has 0 bridgehead atoms. The van der Waals surface area contributed by atoms with Crippen LogP contribution in [0.3, 0.4) is 0 Å². The highest BCUT2D eigenvalue weighted by atomic mass is 16.1. The maximum Gasteiger partial charge on any atom is 0.202 e. The van der Waals surface area contributed by atoms with Crippen LogP contribution in [-0.2, 0) is 4.79 Å². The Kier molecular flexibility index (Phi) is 2.34. The van der Waals surface area contributed by atoms with Gasteiger partial charge in [0.05, 0.1) is 6.20 Å². The molecule has 1 heterocycles. The monoisotopic (exact) mass is 146 g/mol. The van der Waals surface area contributed by atoms with E-state index in [1.807, 2.05) is 0 Å². The number of rotatable bonds is 0. The van der Waals surface area contributed by atoms with Crippen molar-refractivity contribution in [3.63, 3.8) is 0 Å². The molecule has 0 unspecified atom stereocenters. The Labute approximate surface area is 64.5 Å². The van der Waals surface area contributed by atoms with Crippen LogP contribution < -0.4 is 0 Å². The molecule has 3 nitrogen and oxygen atoms in total. The van der Waals surface area contributed by atoms with E-state index in [-0.39, 0.29) is 5.78 Å². The number of hydrogen-bond donors (Lipinski definition) is 0. The predicted octanol–water partition coefficient (Wildman–Crippen LogP) is 0.417. The van der Waals surface area contributed by atoms with Crippen LogP contribution in [0.25, 0.3) is 0 Å². The normalized spacial score (nSPS) is 8.09. The van der Waals surface area contributed by atoms with Gasteiger partial charge in [0.25, 0.3) is 0 Å². The molecule has 0 aliphatic carbocycles. The quantitative estimate of drug-likeness (QED) is 0.498. The van der Waals surface area contributed by atoms with Crippen molar-refractivity contribution in [1.29, 1.82) is 0 Å². The highest BCUT2D eigenvalue weighted by Crippen LogP contribution is 1.84. The molecular formula is C8H6N2O. The first kappa shape index (κ1) is 7.42. The van der Waals surface area contributed by atoms with Crippen molar-refractivity contribution >= 4 is 5.78 Å². The number of nitrogens with zero attached hydrogens (tertiary/aromatic N) is 2. The van der Waals surface area contributed by atoms with Gasteiger partial charge in [-0.15, -0.1) is 0 Å². The van der Waals surface area contributed by atoms with E-state index in [2.05, 4.69) is 21.8 Å². The second-order valence-corrected chi connectivity index (χ2v) is 1.90. The van der Waals surface area contributed by atoms with Gasteiger partial charge in [0.1, 0.15) is 5.69 Å². The van der Waals surface area contributed by atoms with E-state index in [9.17, 15) is 4.79 Å². The van der Waals surface area contributed by atoms with Gasteiger partial charge in [0, 0.05) is 19.3 Å². The molecule has 1 rings (SSSR count). The van der Waals surface area contributed by atoms with Crippen molar-refractivity contribution in [3.8, 4) is 11.8 Å². The van der Waals surface area contributed by atoms with Crippen molar-refractivity contribution in [2.24, 2.45) is 0 Å². The molecule has 0 aliphatic rings. The Morgan fingerprint density at radius 1 is 1.55 bits per heavy atom. The summed E-state index contributed by atoms with van der Waals surface area (Å²) in [6.45, 7) is 1.41. The zero-order valence-electron chi connectivity index (χ0n) is 6.03. The fourth-order valence-electron chi connectivity index (χ4n) is 0.516. The molecule has 0 amide bonds. The highest BCUT2D eigenvalue weighted by Gasteiger charge is 1.84. The second-order valence-electron chi connectivity index (χ2n) is 1.90. The fraction of sp³-hybridized carbons (Fsp3) is 0.125. The summed E-state index contributed by atoms with van der Waals surface area (Å²) >= 11 is 0. The lowest BCUT2D eigenvalue weighted by molar-refractivity contribution is -0.111. The number of carbonyl (C=O) groups excluding carboxylic acids is 1. The van der Waals surface area contributed by atoms with E-state index in [0.717, 1.165) is 0 Å². The van der Waals surface area contributed by atoms with Gasteiger partial charge < -0.3 is 0 Å². The summed E-state index contributed by atoms with van der Waals surface area (Å²) in [5, 5.41) is 0. The average Bonchev–Trinajstić information content (AvgIpc) is 2.03. The molecule has 0 saturated carbocycles. The molecule has 0 spiro atoms. The third-order valence-corrected chi connectivity index (χ3v) is 0.930. The summed E-state index contributed by atoms with van der Waals surface area (Å²) in [5.41, 5.74) is 0.516. The van der Waals surface area contributed by atoms with Gasteiger partial charge in [0.15, 0.2) is 0 Å². The Hall–Kier alpha value is -1.69. The largest absolute Gasteiger partial charge is 0.285 e. The Balaban J connectivity index is 2.83. The van der Waals surface area contributed by atoms with Gasteiger partial charge in [-0.25, -0.2) is 4.98 Å². The van der Waals surface area contributed by atoms with Crippen LogP contribution in [0.15, 0.2) is 18.6 Å². The van der Waals surface area contributed by atoms with Crippen molar-refractivity contribution in [2.45, 2.75) is 6.92 Å².